The van der Waals surface area contributed by atoms with Crippen LogP contribution in [0.1, 0.15) is 99.3 Å². The predicted octanol–water partition coefficient (Wildman–Crippen LogP) is 3.09. The number of rotatable bonds is 5. The Bertz CT molecular complexity index is 1310. The van der Waals surface area contributed by atoms with E-state index >= 15 is 0 Å². The molecule has 5 aliphatic carbocycles. The predicted molar refractivity (Wildman–Crippen MR) is 169 cm³/mol. The first-order chi connectivity index (χ1) is 21.7. The van der Waals surface area contributed by atoms with Gasteiger partial charge in [0.1, 0.15) is 30.5 Å². The average molecular weight is 665 g/mol. The molecule has 1 saturated heterocycles. The van der Waals surface area contributed by atoms with Crippen molar-refractivity contribution in [2.24, 2.45) is 50.2 Å². The van der Waals surface area contributed by atoms with Gasteiger partial charge >= 0.3 is 11.9 Å². The van der Waals surface area contributed by atoms with Gasteiger partial charge in [-0.05, 0) is 104 Å². The van der Waals surface area contributed by atoms with Crippen LogP contribution in [-0.2, 0) is 19.1 Å². The van der Waals surface area contributed by atoms with Crippen LogP contribution >= 0.6 is 0 Å². The number of aliphatic hydroxyl groups excluding tert-OH is 5. The molecule has 1 heterocycles. The van der Waals surface area contributed by atoms with Gasteiger partial charge in [-0.2, -0.15) is 0 Å². The molecule has 4 saturated carbocycles. The Labute approximate surface area is 277 Å². The molecule has 7 N–H and O–H groups in total. The second kappa shape index (κ2) is 11.2. The van der Waals surface area contributed by atoms with Crippen molar-refractivity contribution in [2.75, 3.05) is 6.61 Å². The maximum atomic E-state index is 13.3. The largest absolute Gasteiger partial charge is 0.481 e. The molecule has 2 unspecified atom stereocenters. The van der Waals surface area contributed by atoms with E-state index in [1.54, 1.807) is 6.92 Å². The van der Waals surface area contributed by atoms with E-state index in [9.17, 15) is 45.3 Å². The van der Waals surface area contributed by atoms with E-state index in [-0.39, 0.29) is 34.5 Å². The first-order valence-corrected chi connectivity index (χ1v) is 17.5. The summed E-state index contributed by atoms with van der Waals surface area (Å²) in [6.07, 6.45) is -2.13. The summed E-state index contributed by atoms with van der Waals surface area (Å²) in [5, 5.41) is 74.4. The summed E-state index contributed by atoms with van der Waals surface area (Å²) in [6, 6.07) is 0. The molecule has 11 nitrogen and oxygen atoms in total. The Hall–Kier alpha value is -1.60. The Morgan fingerprint density at radius 1 is 0.851 bits per heavy atom. The number of allylic oxidation sites excluding steroid dienone is 2. The van der Waals surface area contributed by atoms with Crippen LogP contribution in [0.3, 0.4) is 0 Å². The standard InChI is InChI=1S/C36H56O11/c1-31(2)11-13-36(30(44)45)14-12-33(4)18(19(36)15-31)7-8-22-32(3)16-20(38)27(35(6,29(42)43)23(32)9-10-34(22,33)5)47-28-26(41)25(40)24(39)21(17-37)46-28/h7,19-28,37-41H,8-17H2,1-6H3,(H,42,43)(H,44,45)/t19-,20+,21-,22-,23?,24-,25+,26-,27+,28+,32-,33-,34-,35?,36+/m1/s1. The lowest BCUT2D eigenvalue weighted by atomic mass is 9.33. The molecule has 0 amide bonds. The number of carbonyl (C=O) groups is 2. The minimum atomic E-state index is -1.73. The van der Waals surface area contributed by atoms with E-state index in [2.05, 4.69) is 40.7 Å². The van der Waals surface area contributed by atoms with E-state index in [4.69, 9.17) is 9.47 Å². The quantitative estimate of drug-likeness (QED) is 0.169. The molecule has 0 spiro atoms. The number of aliphatic hydroxyl groups is 5. The Morgan fingerprint density at radius 3 is 2.13 bits per heavy atom. The highest BCUT2D eigenvalue weighted by Crippen LogP contribution is 2.76. The SMILES string of the molecule is CC1(C)CC[C@]2(C(=O)O)CC[C@]3(C)C(=CC[C@@H]4[C@@]5(C)C[C@H](O)[C@H](O[C@@H]6O[C@H](CO)[C@@H](O)[C@H](O)[C@H]6O)C(C)(C(=O)O)C5CC[C@]43C)[C@H]2C1. The lowest BCUT2D eigenvalue weighted by molar-refractivity contribution is -0.340. The number of fused-ring (bicyclic) bond motifs is 7. The monoisotopic (exact) mass is 664 g/mol. The number of hydrogen-bond donors (Lipinski definition) is 7. The van der Waals surface area contributed by atoms with E-state index in [1.165, 1.54) is 5.57 Å². The first kappa shape index (κ1) is 35.2. The third-order valence-electron chi connectivity index (χ3n) is 15.2. The molecule has 266 valence electrons. The highest BCUT2D eigenvalue weighted by atomic mass is 16.7. The smallest absolute Gasteiger partial charge is 0.312 e. The van der Waals surface area contributed by atoms with E-state index in [0.29, 0.717) is 25.7 Å². The minimum Gasteiger partial charge on any atom is -0.481 e. The highest BCUT2D eigenvalue weighted by molar-refractivity contribution is 5.77. The molecule has 5 fully saturated rings. The van der Waals surface area contributed by atoms with Gasteiger partial charge in [0.05, 0.1) is 23.5 Å². The van der Waals surface area contributed by atoms with Crippen molar-refractivity contribution < 1.29 is 54.8 Å². The van der Waals surface area contributed by atoms with Gasteiger partial charge in [0.2, 0.25) is 0 Å². The van der Waals surface area contributed by atoms with Gasteiger partial charge in [-0.25, -0.2) is 0 Å². The number of hydrogen-bond acceptors (Lipinski definition) is 9. The molecule has 6 rings (SSSR count). The maximum absolute atomic E-state index is 13.3. The van der Waals surface area contributed by atoms with Crippen LogP contribution in [0.4, 0.5) is 0 Å². The van der Waals surface area contributed by atoms with Crippen molar-refractivity contribution in [3.63, 3.8) is 0 Å². The van der Waals surface area contributed by atoms with Crippen LogP contribution in [-0.4, -0.2) is 97.2 Å². The summed E-state index contributed by atoms with van der Waals surface area (Å²) in [4.78, 5) is 26.3. The van der Waals surface area contributed by atoms with Crippen LogP contribution in [0, 0.1) is 50.2 Å². The van der Waals surface area contributed by atoms with Crippen molar-refractivity contribution in [3.05, 3.63) is 11.6 Å². The second-order valence-corrected chi connectivity index (χ2v) is 17.8. The zero-order valence-corrected chi connectivity index (χ0v) is 28.7. The summed E-state index contributed by atoms with van der Waals surface area (Å²) in [6.45, 7) is 12.1. The summed E-state index contributed by atoms with van der Waals surface area (Å²) >= 11 is 0. The first-order valence-electron chi connectivity index (χ1n) is 17.5. The fourth-order valence-electron chi connectivity index (χ4n) is 12.2. The summed E-state index contributed by atoms with van der Waals surface area (Å²) in [5.74, 6) is -2.29. The van der Waals surface area contributed by atoms with E-state index in [0.717, 1.165) is 25.7 Å². The number of ether oxygens (including phenoxy) is 2. The van der Waals surface area contributed by atoms with Gasteiger partial charge in [0.25, 0.3) is 0 Å². The molecule has 0 aromatic heterocycles. The summed E-state index contributed by atoms with van der Waals surface area (Å²) < 4.78 is 11.7. The Kier molecular flexibility index (Phi) is 8.40. The number of carboxylic acid groups (broad SMARTS) is 2. The third-order valence-corrected chi connectivity index (χ3v) is 15.2. The molecule has 47 heavy (non-hydrogen) atoms. The van der Waals surface area contributed by atoms with Crippen LogP contribution in [0.25, 0.3) is 0 Å². The maximum Gasteiger partial charge on any atom is 0.312 e. The molecule has 6 aliphatic rings. The van der Waals surface area contributed by atoms with Crippen LogP contribution in [0.5, 0.6) is 0 Å². The van der Waals surface area contributed by atoms with Crippen molar-refractivity contribution in [1.29, 1.82) is 0 Å². The number of carboxylic acids is 2. The lowest BCUT2D eigenvalue weighted by Crippen LogP contribution is -2.70. The lowest BCUT2D eigenvalue weighted by Gasteiger charge is -2.71. The van der Waals surface area contributed by atoms with Gasteiger partial charge in [0, 0.05) is 0 Å². The van der Waals surface area contributed by atoms with Gasteiger partial charge < -0.3 is 45.2 Å². The summed E-state index contributed by atoms with van der Waals surface area (Å²) in [5.41, 5.74) is -2.22. The highest BCUT2D eigenvalue weighted by Gasteiger charge is 2.72. The fourth-order valence-corrected chi connectivity index (χ4v) is 12.2. The molecule has 0 aromatic rings. The minimum absolute atomic E-state index is 0.0120. The molecule has 0 radical (unpaired) electrons. The van der Waals surface area contributed by atoms with Crippen molar-refractivity contribution >= 4 is 11.9 Å². The van der Waals surface area contributed by atoms with Crippen LogP contribution < -0.4 is 0 Å². The average Bonchev–Trinajstić information content (AvgIpc) is 2.98. The van der Waals surface area contributed by atoms with Gasteiger partial charge in [0.15, 0.2) is 6.29 Å². The third kappa shape index (κ3) is 4.69. The van der Waals surface area contributed by atoms with Gasteiger partial charge in [-0.1, -0.05) is 46.3 Å². The zero-order chi connectivity index (χ0) is 34.7. The summed E-state index contributed by atoms with van der Waals surface area (Å²) in [7, 11) is 0. The molecule has 1 aliphatic heterocycles. The van der Waals surface area contributed by atoms with Crippen molar-refractivity contribution in [1.82, 2.24) is 0 Å². The molecule has 0 aromatic carbocycles. The fraction of sp³-hybridized carbons (Fsp3) is 0.889. The zero-order valence-electron chi connectivity index (χ0n) is 28.7. The molecule has 0 bridgehead atoms. The Balaban J connectivity index is 1.36. The van der Waals surface area contributed by atoms with Crippen molar-refractivity contribution in [3.8, 4) is 0 Å². The van der Waals surface area contributed by atoms with Crippen LogP contribution in [0.15, 0.2) is 11.6 Å². The van der Waals surface area contributed by atoms with Gasteiger partial charge in [-0.15, -0.1) is 0 Å². The van der Waals surface area contributed by atoms with E-state index in [1.807, 2.05) is 0 Å². The van der Waals surface area contributed by atoms with Gasteiger partial charge in [-0.3, -0.25) is 9.59 Å². The second-order valence-electron chi connectivity index (χ2n) is 17.8. The Morgan fingerprint density at radius 2 is 1.51 bits per heavy atom. The molecular formula is C36H56O11. The van der Waals surface area contributed by atoms with Crippen molar-refractivity contribution in [2.45, 2.75) is 142 Å². The van der Waals surface area contributed by atoms with Crippen LogP contribution in [0.2, 0.25) is 0 Å². The van der Waals surface area contributed by atoms with E-state index < -0.39 is 83.6 Å². The molecule has 15 atom stereocenters. The number of aliphatic carboxylic acids is 2. The topological polar surface area (TPSA) is 194 Å². The molecule has 11 heteroatoms. The normalized spacial score (nSPS) is 53.8. The molecular weight excluding hydrogens is 608 g/mol.